The molecule has 0 aliphatic carbocycles. The van der Waals surface area contributed by atoms with Gasteiger partial charge in [-0.15, -0.1) is 0 Å². The lowest BCUT2D eigenvalue weighted by Crippen LogP contribution is -2.49. The molecule has 0 bridgehead atoms. The minimum atomic E-state index is -0.467. The Bertz CT molecular complexity index is 1280. The summed E-state index contributed by atoms with van der Waals surface area (Å²) in [6.45, 7) is 6.92. The molecule has 0 amide bonds. The number of nitrogens with zero attached hydrogens (tertiary/aromatic N) is 1. The molecule has 7 heteroatoms. The van der Waals surface area contributed by atoms with Crippen LogP contribution in [0, 0.1) is 5.92 Å². The van der Waals surface area contributed by atoms with Gasteiger partial charge >= 0.3 is 0 Å². The van der Waals surface area contributed by atoms with E-state index in [9.17, 15) is 14.6 Å². The first-order chi connectivity index (χ1) is 18.0. The number of phenols is 2. The van der Waals surface area contributed by atoms with Gasteiger partial charge in [-0.25, -0.2) is 0 Å². The van der Waals surface area contributed by atoms with E-state index in [4.69, 9.17) is 14.2 Å². The van der Waals surface area contributed by atoms with E-state index < -0.39 is 6.10 Å². The third-order valence-electron chi connectivity index (χ3n) is 6.96. The smallest absolute Gasteiger partial charge is 0.168 e. The van der Waals surface area contributed by atoms with Gasteiger partial charge in [0.05, 0.1) is 13.3 Å². The van der Waals surface area contributed by atoms with Gasteiger partial charge in [0.15, 0.2) is 11.5 Å². The molecule has 0 aromatic heterocycles. The Kier molecular flexibility index (Phi) is 7.24. The molecular weight excluding hydrogens is 473 g/mol. The molecule has 6 nitrogen and oxygen atoms in total. The number of hydrogen-bond acceptors (Lipinski definition) is 6. The summed E-state index contributed by atoms with van der Waals surface area (Å²) in [6.07, 6.45) is -0.467. The van der Waals surface area contributed by atoms with Gasteiger partial charge in [-0.1, -0.05) is 24.3 Å². The number of alkyl halides is 1. The number of likely N-dealkylation sites (tertiary alicyclic amines) is 1. The molecule has 0 spiro atoms. The van der Waals surface area contributed by atoms with Crippen LogP contribution in [0.3, 0.4) is 0 Å². The quantitative estimate of drug-likeness (QED) is 0.381. The van der Waals surface area contributed by atoms with Crippen LogP contribution < -0.4 is 14.2 Å². The van der Waals surface area contributed by atoms with Crippen molar-refractivity contribution in [3.05, 3.63) is 77.4 Å². The molecule has 37 heavy (non-hydrogen) atoms. The molecule has 3 aromatic carbocycles. The summed E-state index contributed by atoms with van der Waals surface area (Å²) in [5.41, 5.74) is 4.22. The van der Waals surface area contributed by atoms with E-state index in [1.54, 1.807) is 30.3 Å². The molecule has 2 heterocycles. The van der Waals surface area contributed by atoms with E-state index in [1.807, 2.05) is 44.2 Å². The zero-order valence-electron chi connectivity index (χ0n) is 21.1. The van der Waals surface area contributed by atoms with Crippen LogP contribution >= 0.6 is 0 Å². The van der Waals surface area contributed by atoms with Gasteiger partial charge in [0.25, 0.3) is 0 Å². The largest absolute Gasteiger partial charge is 0.508 e. The van der Waals surface area contributed by atoms with Crippen molar-refractivity contribution >= 4 is 11.1 Å². The molecule has 1 saturated heterocycles. The highest BCUT2D eigenvalue weighted by atomic mass is 19.1. The van der Waals surface area contributed by atoms with Gasteiger partial charge in [0, 0.05) is 42.3 Å². The van der Waals surface area contributed by atoms with Crippen molar-refractivity contribution in [2.45, 2.75) is 20.0 Å². The molecule has 1 fully saturated rings. The minimum absolute atomic E-state index is 0.0592. The number of allylic oxidation sites excluding steroid dienone is 1. The summed E-state index contributed by atoms with van der Waals surface area (Å²) < 4.78 is 30.9. The van der Waals surface area contributed by atoms with Gasteiger partial charge < -0.3 is 24.4 Å². The summed E-state index contributed by atoms with van der Waals surface area (Å²) in [7, 11) is 0. The van der Waals surface area contributed by atoms with E-state index >= 15 is 0 Å². The average molecular weight is 506 g/mol. The molecule has 2 aliphatic heterocycles. The fourth-order valence-electron chi connectivity index (χ4n) is 5.04. The first-order valence-corrected chi connectivity index (χ1v) is 12.7. The zero-order chi connectivity index (χ0) is 25.9. The molecule has 3 aromatic rings. The second-order valence-electron chi connectivity index (χ2n) is 9.50. The van der Waals surface area contributed by atoms with Gasteiger partial charge in [-0.05, 0) is 61.4 Å². The maximum absolute atomic E-state index is 12.6. The molecule has 0 saturated carbocycles. The fourth-order valence-corrected chi connectivity index (χ4v) is 5.04. The predicted octanol–water partition coefficient (Wildman–Crippen LogP) is 5.84. The number of aromatic hydroxyl groups is 2. The zero-order valence-corrected chi connectivity index (χ0v) is 21.1. The van der Waals surface area contributed by atoms with Gasteiger partial charge in [0.1, 0.15) is 30.0 Å². The van der Waals surface area contributed by atoms with Gasteiger partial charge in [-0.2, -0.15) is 0 Å². The highest BCUT2D eigenvalue weighted by molar-refractivity contribution is 5.97. The van der Waals surface area contributed by atoms with Gasteiger partial charge in [-0.3, -0.25) is 9.29 Å². The summed E-state index contributed by atoms with van der Waals surface area (Å²) in [5, 5.41) is 20.7. The lowest BCUT2D eigenvalue weighted by Gasteiger charge is -2.37. The monoisotopic (exact) mass is 505 g/mol. The first-order valence-electron chi connectivity index (χ1n) is 12.7. The molecule has 2 aliphatic rings. The third kappa shape index (κ3) is 5.09. The van der Waals surface area contributed by atoms with Crippen molar-refractivity contribution in [2.75, 3.05) is 39.5 Å². The highest BCUT2D eigenvalue weighted by Gasteiger charge is 2.32. The molecular formula is C30H32FNO5. The number of benzene rings is 3. The highest BCUT2D eigenvalue weighted by Crippen LogP contribution is 2.50. The summed E-state index contributed by atoms with van der Waals surface area (Å²) in [5.74, 6) is 2.21. The van der Waals surface area contributed by atoms with Crippen LogP contribution in [0.15, 0.2) is 60.7 Å². The maximum Gasteiger partial charge on any atom is 0.168 e. The molecule has 0 radical (unpaired) electrons. The lowest BCUT2D eigenvalue weighted by atomic mass is 9.85. The van der Waals surface area contributed by atoms with Crippen LogP contribution in [-0.4, -0.2) is 54.6 Å². The van der Waals surface area contributed by atoms with Crippen molar-refractivity contribution < 1.29 is 28.8 Å². The van der Waals surface area contributed by atoms with Crippen molar-refractivity contribution in [1.29, 1.82) is 0 Å². The van der Waals surface area contributed by atoms with E-state index in [1.165, 1.54) is 0 Å². The van der Waals surface area contributed by atoms with Crippen LogP contribution in [0.25, 0.3) is 11.1 Å². The number of ether oxygens (including phenoxy) is 3. The van der Waals surface area contributed by atoms with Crippen LogP contribution in [-0.2, 0) is 0 Å². The molecule has 1 atom stereocenters. The van der Waals surface area contributed by atoms with Crippen LogP contribution in [0.5, 0.6) is 28.7 Å². The Morgan fingerprint density at radius 2 is 1.78 bits per heavy atom. The normalized spacial score (nSPS) is 17.6. The number of rotatable bonds is 9. The van der Waals surface area contributed by atoms with E-state index in [-0.39, 0.29) is 24.1 Å². The second kappa shape index (κ2) is 10.7. The van der Waals surface area contributed by atoms with Crippen LogP contribution in [0.2, 0.25) is 0 Å². The molecule has 2 N–H and O–H groups in total. The fraction of sp³-hybridized carbons (Fsp3) is 0.333. The van der Waals surface area contributed by atoms with E-state index in [0.29, 0.717) is 24.7 Å². The summed E-state index contributed by atoms with van der Waals surface area (Å²) in [4.78, 5) is 2.19. The number of hydrogen-bond donors (Lipinski definition) is 2. The molecule has 5 rings (SSSR count). The standard InChI is InChI=1S/C30H32FNO5/c1-3-35-30-24(5-4-6-26(30)34)28-19(2)25-15-22(33)9-12-27(25)37-29(28)21-7-10-23(11-8-21)36-14-13-32-17-20(16-31)18-32/h4-12,15,20,29,33-34H,3,13-14,16-18H2,1-2H3. The Morgan fingerprint density at radius 3 is 2.51 bits per heavy atom. The van der Waals surface area contributed by atoms with Gasteiger partial charge in [0.2, 0.25) is 0 Å². The number of halogens is 1. The van der Waals surface area contributed by atoms with E-state index in [0.717, 1.165) is 53.2 Å². The van der Waals surface area contributed by atoms with Crippen LogP contribution in [0.1, 0.15) is 36.6 Å². The number of para-hydroxylation sites is 1. The Morgan fingerprint density at radius 1 is 1.00 bits per heavy atom. The molecule has 194 valence electrons. The molecule has 1 unspecified atom stereocenters. The Hall–Kier alpha value is -3.71. The van der Waals surface area contributed by atoms with E-state index in [2.05, 4.69) is 4.90 Å². The average Bonchev–Trinajstić information content (AvgIpc) is 2.87. The number of fused-ring (bicyclic) bond motifs is 1. The maximum atomic E-state index is 12.6. The summed E-state index contributed by atoms with van der Waals surface area (Å²) in [6, 6.07) is 18.2. The van der Waals surface area contributed by atoms with Crippen molar-refractivity contribution in [1.82, 2.24) is 4.90 Å². The third-order valence-corrected chi connectivity index (χ3v) is 6.96. The summed E-state index contributed by atoms with van der Waals surface area (Å²) >= 11 is 0. The minimum Gasteiger partial charge on any atom is -0.508 e. The topological polar surface area (TPSA) is 71.4 Å². The van der Waals surface area contributed by atoms with Crippen LogP contribution in [0.4, 0.5) is 4.39 Å². The SMILES string of the molecule is CCOc1c(O)cccc1C1=C(C)c2cc(O)ccc2OC1c1ccc(OCCN2CC(CF)C2)cc1. The lowest BCUT2D eigenvalue weighted by molar-refractivity contribution is 0.0668. The Balaban J connectivity index is 1.44. The van der Waals surface area contributed by atoms with Crippen molar-refractivity contribution in [3.63, 3.8) is 0 Å². The van der Waals surface area contributed by atoms with Crippen molar-refractivity contribution in [3.8, 4) is 28.7 Å². The second-order valence-corrected chi connectivity index (χ2v) is 9.50. The number of phenolic OH excluding ortho intramolecular Hbond substituents is 2. The van der Waals surface area contributed by atoms with Crippen molar-refractivity contribution in [2.24, 2.45) is 5.92 Å². The predicted molar refractivity (Wildman–Crippen MR) is 141 cm³/mol. The first kappa shape index (κ1) is 25.0. The Labute approximate surface area is 216 Å².